The Morgan fingerprint density at radius 3 is 1.95 bits per heavy atom. The van der Waals surface area contributed by atoms with Crippen LogP contribution in [0.15, 0.2) is 42.5 Å². The Morgan fingerprint density at radius 2 is 1.48 bits per heavy atom. The van der Waals surface area contributed by atoms with Gasteiger partial charge in [-0.15, -0.1) is 0 Å². The molecule has 0 aliphatic carbocycles. The van der Waals surface area contributed by atoms with E-state index < -0.39 is 0 Å². The van der Waals surface area contributed by atoms with E-state index in [0.29, 0.717) is 6.54 Å². The summed E-state index contributed by atoms with van der Waals surface area (Å²) in [6.07, 6.45) is 0.888. The van der Waals surface area contributed by atoms with Crippen LogP contribution in [0.1, 0.15) is 29.0 Å². The fraction of sp³-hybridized carbons (Fsp3) is 0.333. The molecule has 0 aliphatic rings. The molecule has 1 unspecified atom stereocenters. The van der Waals surface area contributed by atoms with Crippen LogP contribution >= 0.6 is 0 Å². The molecule has 0 heterocycles. The molecule has 2 aromatic rings. The lowest BCUT2D eigenvalue weighted by Crippen LogP contribution is -2.09. The van der Waals surface area contributed by atoms with E-state index in [1.165, 1.54) is 16.7 Å². The summed E-state index contributed by atoms with van der Waals surface area (Å²) in [5.74, 6) is 1.86. The molecule has 3 nitrogen and oxygen atoms in total. The molecule has 1 atom stereocenters. The van der Waals surface area contributed by atoms with Crippen molar-refractivity contribution in [3.8, 4) is 11.5 Å². The molecule has 21 heavy (non-hydrogen) atoms. The van der Waals surface area contributed by atoms with Gasteiger partial charge in [-0.1, -0.05) is 29.8 Å². The van der Waals surface area contributed by atoms with Crippen LogP contribution in [0.3, 0.4) is 0 Å². The number of benzene rings is 2. The first kappa shape index (κ1) is 15.4. The van der Waals surface area contributed by atoms with Gasteiger partial charge in [0.25, 0.3) is 0 Å². The van der Waals surface area contributed by atoms with Gasteiger partial charge in [0.2, 0.25) is 0 Å². The molecule has 0 saturated heterocycles. The first-order chi connectivity index (χ1) is 10.2. The van der Waals surface area contributed by atoms with Crippen LogP contribution in [-0.2, 0) is 0 Å². The average molecular weight is 285 g/mol. The van der Waals surface area contributed by atoms with E-state index >= 15 is 0 Å². The largest absolute Gasteiger partial charge is 0.497 e. The van der Waals surface area contributed by atoms with Crippen molar-refractivity contribution in [1.82, 2.24) is 0 Å². The first-order valence-corrected chi connectivity index (χ1v) is 7.17. The predicted octanol–water partition coefficient (Wildman–Crippen LogP) is 3.49. The van der Waals surface area contributed by atoms with Crippen LogP contribution in [0.25, 0.3) is 0 Å². The van der Waals surface area contributed by atoms with E-state index in [1.807, 2.05) is 6.07 Å². The van der Waals surface area contributed by atoms with Crippen LogP contribution in [0.2, 0.25) is 0 Å². The number of ether oxygens (including phenoxy) is 2. The zero-order chi connectivity index (χ0) is 15.2. The number of rotatable bonds is 6. The maximum absolute atomic E-state index is 5.81. The van der Waals surface area contributed by atoms with Gasteiger partial charge in [0, 0.05) is 12.0 Å². The maximum Gasteiger partial charge on any atom is 0.122 e. The van der Waals surface area contributed by atoms with Crippen molar-refractivity contribution >= 4 is 0 Å². The van der Waals surface area contributed by atoms with Crippen LogP contribution in [0.5, 0.6) is 11.5 Å². The smallest absolute Gasteiger partial charge is 0.122 e. The highest BCUT2D eigenvalue weighted by molar-refractivity contribution is 5.43. The van der Waals surface area contributed by atoms with Crippen LogP contribution in [0, 0.1) is 6.92 Å². The normalized spacial score (nSPS) is 12.0. The molecule has 0 amide bonds. The summed E-state index contributed by atoms with van der Waals surface area (Å²) in [6, 6.07) is 14.6. The number of hydrogen-bond donors (Lipinski definition) is 1. The lowest BCUT2D eigenvalue weighted by molar-refractivity contribution is 0.393. The fourth-order valence-electron chi connectivity index (χ4n) is 2.52. The minimum absolute atomic E-state index is 0.250. The SMILES string of the molecule is COc1cc(OC)cc(C(CCN)c2ccc(C)cc2)c1. The molecule has 112 valence electrons. The topological polar surface area (TPSA) is 44.5 Å². The second kappa shape index (κ2) is 7.14. The Morgan fingerprint density at radius 1 is 0.905 bits per heavy atom. The number of nitrogens with two attached hydrogens (primary N) is 1. The highest BCUT2D eigenvalue weighted by Gasteiger charge is 2.15. The van der Waals surface area contributed by atoms with E-state index in [9.17, 15) is 0 Å². The quantitative estimate of drug-likeness (QED) is 0.883. The van der Waals surface area contributed by atoms with Crippen molar-refractivity contribution < 1.29 is 9.47 Å². The third kappa shape index (κ3) is 3.76. The summed E-state index contributed by atoms with van der Waals surface area (Å²) in [6.45, 7) is 2.73. The Balaban J connectivity index is 2.44. The standard InChI is InChI=1S/C18H23NO2/c1-13-4-6-14(7-5-13)18(8-9-19)15-10-16(20-2)12-17(11-15)21-3/h4-7,10-12,18H,8-9,19H2,1-3H3. The van der Waals surface area contributed by atoms with E-state index in [0.717, 1.165) is 17.9 Å². The predicted molar refractivity (Wildman–Crippen MR) is 86.2 cm³/mol. The van der Waals surface area contributed by atoms with E-state index in [4.69, 9.17) is 15.2 Å². The van der Waals surface area contributed by atoms with Gasteiger partial charge in [-0.05, 0) is 43.1 Å². The zero-order valence-electron chi connectivity index (χ0n) is 12.9. The monoisotopic (exact) mass is 285 g/mol. The molecule has 0 radical (unpaired) electrons. The molecule has 2 aromatic carbocycles. The molecular formula is C18H23NO2. The second-order valence-electron chi connectivity index (χ2n) is 5.19. The lowest BCUT2D eigenvalue weighted by Gasteiger charge is -2.19. The van der Waals surface area contributed by atoms with Crippen molar-refractivity contribution in [3.05, 3.63) is 59.2 Å². The minimum Gasteiger partial charge on any atom is -0.497 e. The Labute approximate surface area is 126 Å². The maximum atomic E-state index is 5.81. The Hall–Kier alpha value is -2.00. The Kier molecular flexibility index (Phi) is 5.23. The van der Waals surface area contributed by atoms with Gasteiger partial charge in [0.1, 0.15) is 11.5 Å². The zero-order valence-corrected chi connectivity index (χ0v) is 12.9. The number of hydrogen-bond acceptors (Lipinski definition) is 3. The van der Waals surface area contributed by atoms with Gasteiger partial charge in [-0.25, -0.2) is 0 Å². The van der Waals surface area contributed by atoms with Gasteiger partial charge in [-0.3, -0.25) is 0 Å². The molecule has 0 aliphatic heterocycles. The summed E-state index contributed by atoms with van der Waals surface area (Å²) in [4.78, 5) is 0. The number of methoxy groups -OCH3 is 2. The molecule has 0 saturated carbocycles. The van der Waals surface area contributed by atoms with Crippen molar-refractivity contribution in [2.45, 2.75) is 19.3 Å². The molecule has 0 aromatic heterocycles. The van der Waals surface area contributed by atoms with Gasteiger partial charge >= 0.3 is 0 Å². The summed E-state index contributed by atoms with van der Waals surface area (Å²) in [5, 5.41) is 0. The molecule has 3 heteroatoms. The summed E-state index contributed by atoms with van der Waals surface area (Å²) in [7, 11) is 3.34. The van der Waals surface area contributed by atoms with Crippen molar-refractivity contribution in [3.63, 3.8) is 0 Å². The average Bonchev–Trinajstić information content (AvgIpc) is 2.53. The third-order valence-electron chi connectivity index (χ3n) is 3.71. The van der Waals surface area contributed by atoms with Gasteiger partial charge in [0.05, 0.1) is 14.2 Å². The van der Waals surface area contributed by atoms with E-state index in [2.05, 4.69) is 43.3 Å². The van der Waals surface area contributed by atoms with Crippen molar-refractivity contribution in [2.75, 3.05) is 20.8 Å². The molecule has 2 rings (SSSR count). The minimum atomic E-state index is 0.250. The fourth-order valence-corrected chi connectivity index (χ4v) is 2.52. The van der Waals surface area contributed by atoms with Gasteiger partial charge in [-0.2, -0.15) is 0 Å². The Bertz CT molecular complexity index is 556. The lowest BCUT2D eigenvalue weighted by atomic mass is 9.88. The number of aryl methyl sites for hydroxylation is 1. The summed E-state index contributed by atoms with van der Waals surface area (Å²) in [5.41, 5.74) is 9.50. The molecule has 0 bridgehead atoms. The molecule has 2 N–H and O–H groups in total. The van der Waals surface area contributed by atoms with Crippen LogP contribution < -0.4 is 15.2 Å². The van der Waals surface area contributed by atoms with E-state index in [-0.39, 0.29) is 5.92 Å². The van der Waals surface area contributed by atoms with Gasteiger partial charge < -0.3 is 15.2 Å². The van der Waals surface area contributed by atoms with Crippen molar-refractivity contribution in [1.29, 1.82) is 0 Å². The van der Waals surface area contributed by atoms with Crippen molar-refractivity contribution in [2.24, 2.45) is 5.73 Å². The summed E-state index contributed by atoms with van der Waals surface area (Å²) >= 11 is 0. The summed E-state index contributed by atoms with van der Waals surface area (Å²) < 4.78 is 10.7. The van der Waals surface area contributed by atoms with Crippen LogP contribution in [0.4, 0.5) is 0 Å². The third-order valence-corrected chi connectivity index (χ3v) is 3.71. The molecule has 0 fully saturated rings. The highest BCUT2D eigenvalue weighted by atomic mass is 16.5. The van der Waals surface area contributed by atoms with E-state index in [1.54, 1.807) is 14.2 Å². The molecule has 0 spiro atoms. The molecular weight excluding hydrogens is 262 g/mol. The first-order valence-electron chi connectivity index (χ1n) is 7.17. The second-order valence-corrected chi connectivity index (χ2v) is 5.19. The van der Waals surface area contributed by atoms with Gasteiger partial charge in [0.15, 0.2) is 0 Å². The highest BCUT2D eigenvalue weighted by Crippen LogP contribution is 2.33. The van der Waals surface area contributed by atoms with Crippen LogP contribution in [-0.4, -0.2) is 20.8 Å².